The van der Waals surface area contributed by atoms with E-state index in [4.69, 9.17) is 0 Å². The number of amides is 1. The molecule has 2 heterocycles. The summed E-state index contributed by atoms with van der Waals surface area (Å²) in [5.41, 5.74) is -0.375. The molecule has 19 heavy (non-hydrogen) atoms. The van der Waals surface area contributed by atoms with Gasteiger partial charge in [0.25, 0.3) is 5.56 Å². The summed E-state index contributed by atoms with van der Waals surface area (Å²) in [6.07, 6.45) is 2.91. The van der Waals surface area contributed by atoms with E-state index in [0.29, 0.717) is 0 Å². The van der Waals surface area contributed by atoms with E-state index in [-0.39, 0.29) is 19.0 Å². The molecular formula is C12H12N4O3. The lowest BCUT2D eigenvalue weighted by Gasteiger charge is -2.06. The molecule has 7 heteroatoms. The first-order valence-corrected chi connectivity index (χ1v) is 5.61. The van der Waals surface area contributed by atoms with Crippen LogP contribution in [0.25, 0.3) is 0 Å². The van der Waals surface area contributed by atoms with Crippen molar-refractivity contribution in [1.29, 1.82) is 0 Å². The van der Waals surface area contributed by atoms with Crippen LogP contribution in [0, 0.1) is 0 Å². The zero-order chi connectivity index (χ0) is 13.7. The fourth-order valence-corrected chi connectivity index (χ4v) is 1.47. The lowest BCUT2D eigenvalue weighted by Crippen LogP contribution is -2.35. The van der Waals surface area contributed by atoms with Crippen LogP contribution in [-0.4, -0.2) is 20.4 Å². The Balaban J connectivity index is 1.95. The molecule has 0 aliphatic heterocycles. The Morgan fingerprint density at radius 1 is 1.32 bits per heavy atom. The molecule has 1 amide bonds. The molecule has 0 unspecified atom stereocenters. The van der Waals surface area contributed by atoms with Crippen LogP contribution in [0.1, 0.15) is 5.69 Å². The average molecular weight is 260 g/mol. The molecular weight excluding hydrogens is 248 g/mol. The van der Waals surface area contributed by atoms with Crippen LogP contribution in [0.15, 0.2) is 46.2 Å². The molecule has 0 fully saturated rings. The van der Waals surface area contributed by atoms with Crippen LogP contribution in [0.3, 0.4) is 0 Å². The van der Waals surface area contributed by atoms with E-state index in [2.05, 4.69) is 15.3 Å². The number of aromatic nitrogens is 3. The van der Waals surface area contributed by atoms with Crippen LogP contribution in [0.4, 0.5) is 0 Å². The molecule has 0 aromatic carbocycles. The quantitative estimate of drug-likeness (QED) is 0.755. The minimum absolute atomic E-state index is 0.150. The van der Waals surface area contributed by atoms with Gasteiger partial charge in [-0.05, 0) is 12.1 Å². The summed E-state index contributed by atoms with van der Waals surface area (Å²) in [6.45, 7) is 0.139. The zero-order valence-corrected chi connectivity index (χ0v) is 10.00. The highest BCUT2D eigenvalue weighted by Gasteiger charge is 2.04. The molecule has 0 aliphatic carbocycles. The zero-order valence-electron chi connectivity index (χ0n) is 10.00. The number of pyridine rings is 1. The highest BCUT2D eigenvalue weighted by molar-refractivity contribution is 5.75. The van der Waals surface area contributed by atoms with Gasteiger partial charge in [-0.2, -0.15) is 0 Å². The smallest absolute Gasteiger partial charge is 0.328 e. The summed E-state index contributed by atoms with van der Waals surface area (Å²) < 4.78 is 1.12. The molecule has 98 valence electrons. The molecule has 2 N–H and O–H groups in total. The standard InChI is InChI=1S/C12H12N4O3/c17-10-4-6-16(12(19)15-10)8-11(18)14-7-9-3-1-2-5-13-9/h1-6H,7-8H2,(H,14,18)(H,15,17,19). The fourth-order valence-electron chi connectivity index (χ4n) is 1.47. The summed E-state index contributed by atoms with van der Waals surface area (Å²) in [6, 6.07) is 6.58. The van der Waals surface area contributed by atoms with E-state index in [1.807, 2.05) is 6.07 Å². The second-order valence-corrected chi connectivity index (χ2v) is 3.84. The van der Waals surface area contributed by atoms with Crippen molar-refractivity contribution in [3.63, 3.8) is 0 Å². The molecule has 0 atom stereocenters. The molecule has 2 aromatic rings. The third kappa shape index (κ3) is 3.63. The normalized spacial score (nSPS) is 10.1. The SMILES string of the molecule is O=C(Cn1ccc(=O)[nH]c1=O)NCc1ccccn1. The van der Waals surface area contributed by atoms with Crippen molar-refractivity contribution >= 4 is 5.91 Å². The number of nitrogens with zero attached hydrogens (tertiary/aromatic N) is 2. The minimum atomic E-state index is -0.611. The van der Waals surface area contributed by atoms with E-state index in [1.165, 1.54) is 12.3 Å². The molecule has 0 saturated heterocycles. The number of nitrogens with one attached hydrogen (secondary N) is 2. The maximum absolute atomic E-state index is 11.6. The van der Waals surface area contributed by atoms with Crippen LogP contribution in [-0.2, 0) is 17.9 Å². The maximum atomic E-state index is 11.6. The highest BCUT2D eigenvalue weighted by atomic mass is 16.2. The van der Waals surface area contributed by atoms with Gasteiger partial charge >= 0.3 is 5.69 Å². The minimum Gasteiger partial charge on any atom is -0.349 e. The van der Waals surface area contributed by atoms with Gasteiger partial charge < -0.3 is 5.32 Å². The van der Waals surface area contributed by atoms with Crippen molar-refractivity contribution < 1.29 is 4.79 Å². The molecule has 2 rings (SSSR count). The van der Waals surface area contributed by atoms with E-state index in [1.54, 1.807) is 18.3 Å². The van der Waals surface area contributed by atoms with Gasteiger partial charge in [0.1, 0.15) is 6.54 Å². The number of aromatic amines is 1. The van der Waals surface area contributed by atoms with E-state index >= 15 is 0 Å². The van der Waals surface area contributed by atoms with Crippen molar-refractivity contribution in [2.24, 2.45) is 0 Å². The van der Waals surface area contributed by atoms with Crippen molar-refractivity contribution in [1.82, 2.24) is 19.9 Å². The van der Waals surface area contributed by atoms with Gasteiger partial charge in [-0.15, -0.1) is 0 Å². The summed E-state index contributed by atoms with van der Waals surface area (Å²) in [5.74, 6) is -0.334. The molecule has 2 aromatic heterocycles. The van der Waals surface area contributed by atoms with Gasteiger partial charge in [0.05, 0.1) is 12.2 Å². The Labute approximate surface area is 107 Å². The van der Waals surface area contributed by atoms with Crippen molar-refractivity contribution in [3.8, 4) is 0 Å². The largest absolute Gasteiger partial charge is 0.349 e. The Bertz CT molecular complexity index is 675. The second-order valence-electron chi connectivity index (χ2n) is 3.84. The molecule has 0 saturated carbocycles. The van der Waals surface area contributed by atoms with E-state index in [9.17, 15) is 14.4 Å². The van der Waals surface area contributed by atoms with Gasteiger partial charge in [-0.3, -0.25) is 24.1 Å². The first-order chi connectivity index (χ1) is 9.15. The highest BCUT2D eigenvalue weighted by Crippen LogP contribution is 1.91. The maximum Gasteiger partial charge on any atom is 0.328 e. The Kier molecular flexibility index (Phi) is 3.87. The number of hydrogen-bond donors (Lipinski definition) is 2. The second kappa shape index (κ2) is 5.76. The summed E-state index contributed by atoms with van der Waals surface area (Å²) in [5, 5.41) is 2.64. The van der Waals surface area contributed by atoms with Gasteiger partial charge in [0, 0.05) is 18.5 Å². The number of carbonyl (C=O) groups excluding carboxylic acids is 1. The van der Waals surface area contributed by atoms with Crippen molar-refractivity contribution in [2.45, 2.75) is 13.1 Å². The van der Waals surface area contributed by atoms with Crippen molar-refractivity contribution in [3.05, 3.63) is 63.2 Å². The van der Waals surface area contributed by atoms with Gasteiger partial charge in [0.2, 0.25) is 5.91 Å². The number of rotatable bonds is 4. The molecule has 7 nitrogen and oxygen atoms in total. The fraction of sp³-hybridized carbons (Fsp3) is 0.167. The number of hydrogen-bond acceptors (Lipinski definition) is 4. The third-order valence-corrected chi connectivity index (χ3v) is 2.40. The predicted molar refractivity (Wildman–Crippen MR) is 67.4 cm³/mol. The summed E-state index contributed by atoms with van der Waals surface area (Å²) >= 11 is 0. The number of H-pyrrole nitrogens is 1. The van der Waals surface area contributed by atoms with Gasteiger partial charge in [-0.1, -0.05) is 6.07 Å². The van der Waals surface area contributed by atoms with Crippen molar-refractivity contribution in [2.75, 3.05) is 0 Å². The summed E-state index contributed by atoms with van der Waals surface area (Å²) in [7, 11) is 0. The summed E-state index contributed by atoms with van der Waals surface area (Å²) in [4.78, 5) is 40.0. The first-order valence-electron chi connectivity index (χ1n) is 5.61. The Morgan fingerprint density at radius 3 is 2.84 bits per heavy atom. The molecule has 0 spiro atoms. The van der Waals surface area contributed by atoms with E-state index < -0.39 is 11.2 Å². The van der Waals surface area contributed by atoms with Crippen LogP contribution in [0.2, 0.25) is 0 Å². The monoisotopic (exact) mass is 260 g/mol. The van der Waals surface area contributed by atoms with Gasteiger partial charge in [0.15, 0.2) is 0 Å². The topological polar surface area (TPSA) is 96.9 Å². The van der Waals surface area contributed by atoms with Crippen LogP contribution >= 0.6 is 0 Å². The van der Waals surface area contributed by atoms with Crippen LogP contribution in [0.5, 0.6) is 0 Å². The molecule has 0 radical (unpaired) electrons. The lowest BCUT2D eigenvalue weighted by atomic mass is 10.3. The predicted octanol–water partition coefficient (Wildman–Crippen LogP) is -0.752. The Morgan fingerprint density at radius 2 is 2.16 bits per heavy atom. The van der Waals surface area contributed by atoms with Gasteiger partial charge in [-0.25, -0.2) is 4.79 Å². The third-order valence-electron chi connectivity index (χ3n) is 2.40. The lowest BCUT2D eigenvalue weighted by molar-refractivity contribution is -0.121. The first kappa shape index (κ1) is 12.7. The Hall–Kier alpha value is -2.70. The molecule has 0 bridgehead atoms. The molecule has 0 aliphatic rings. The average Bonchev–Trinajstić information content (AvgIpc) is 2.41. The number of carbonyl (C=O) groups is 1. The van der Waals surface area contributed by atoms with Crippen LogP contribution < -0.4 is 16.6 Å². The van der Waals surface area contributed by atoms with E-state index in [0.717, 1.165) is 10.3 Å².